The number of amides is 2. The van der Waals surface area contributed by atoms with E-state index in [9.17, 15) is 9.59 Å². The number of likely N-dealkylation sites (tertiary alicyclic amines) is 1. The normalized spacial score (nSPS) is 15.8. The number of hydrogen-bond donors (Lipinski definition) is 2. The molecule has 35 heavy (non-hydrogen) atoms. The lowest BCUT2D eigenvalue weighted by molar-refractivity contribution is -0.116. The number of anilines is 2. The van der Waals surface area contributed by atoms with E-state index < -0.39 is 0 Å². The minimum Gasteiger partial charge on any atom is -0.326 e. The van der Waals surface area contributed by atoms with Crippen molar-refractivity contribution >= 4 is 35.6 Å². The molecule has 2 aliphatic rings. The highest BCUT2D eigenvalue weighted by Crippen LogP contribution is 2.29. The Morgan fingerprint density at radius 2 is 1.69 bits per heavy atom. The van der Waals surface area contributed by atoms with Crippen molar-refractivity contribution in [2.45, 2.75) is 45.1 Å². The highest BCUT2D eigenvalue weighted by molar-refractivity contribution is 6.05. The summed E-state index contributed by atoms with van der Waals surface area (Å²) in [5.41, 5.74) is 6.76. The van der Waals surface area contributed by atoms with Crippen LogP contribution in [0.25, 0.3) is 11.1 Å². The van der Waals surface area contributed by atoms with Crippen LogP contribution in [0.4, 0.5) is 11.4 Å². The number of fused-ring (bicyclic) bond motifs is 1. The summed E-state index contributed by atoms with van der Waals surface area (Å²) in [7, 11) is 0. The van der Waals surface area contributed by atoms with E-state index in [0.717, 1.165) is 43.7 Å². The van der Waals surface area contributed by atoms with Gasteiger partial charge < -0.3 is 10.6 Å². The van der Waals surface area contributed by atoms with Gasteiger partial charge in [-0.05, 0) is 85.3 Å². The molecule has 5 nitrogen and oxygen atoms in total. The van der Waals surface area contributed by atoms with Gasteiger partial charge in [-0.25, -0.2) is 0 Å². The maximum atomic E-state index is 13.2. The highest BCUT2D eigenvalue weighted by Gasteiger charge is 2.17. The summed E-state index contributed by atoms with van der Waals surface area (Å²) in [4.78, 5) is 27.6. The number of nitrogens with zero attached hydrogens (tertiary/aromatic N) is 1. The summed E-state index contributed by atoms with van der Waals surface area (Å²) in [6.45, 7) is 3.05. The van der Waals surface area contributed by atoms with Gasteiger partial charge in [-0.3, -0.25) is 14.5 Å². The van der Waals surface area contributed by atoms with Gasteiger partial charge in [0.05, 0.1) is 0 Å². The number of nitrogens with one attached hydrogen (secondary N) is 2. The van der Waals surface area contributed by atoms with Gasteiger partial charge in [0.15, 0.2) is 0 Å². The molecule has 1 fully saturated rings. The predicted molar refractivity (Wildman–Crippen MR) is 144 cm³/mol. The van der Waals surface area contributed by atoms with E-state index in [1.165, 1.54) is 36.0 Å². The first-order chi connectivity index (χ1) is 16.7. The molecular formula is C29H32ClN3O2. The molecule has 0 aliphatic carbocycles. The zero-order valence-corrected chi connectivity index (χ0v) is 20.7. The summed E-state index contributed by atoms with van der Waals surface area (Å²) in [5, 5.41) is 5.99. The Balaban J connectivity index is 0.00000289. The molecule has 2 amide bonds. The van der Waals surface area contributed by atoms with Crippen molar-refractivity contribution in [2.75, 3.05) is 23.7 Å². The smallest absolute Gasteiger partial charge is 0.255 e. The van der Waals surface area contributed by atoms with Crippen LogP contribution in [0.15, 0.2) is 66.7 Å². The Hall–Kier alpha value is -3.15. The van der Waals surface area contributed by atoms with Gasteiger partial charge >= 0.3 is 0 Å². The van der Waals surface area contributed by atoms with Crippen LogP contribution in [0, 0.1) is 0 Å². The van der Waals surface area contributed by atoms with E-state index in [0.29, 0.717) is 17.7 Å². The van der Waals surface area contributed by atoms with Crippen molar-refractivity contribution in [3.05, 3.63) is 83.4 Å². The van der Waals surface area contributed by atoms with Gasteiger partial charge in [-0.15, -0.1) is 12.4 Å². The van der Waals surface area contributed by atoms with Crippen molar-refractivity contribution in [1.82, 2.24) is 4.90 Å². The summed E-state index contributed by atoms with van der Waals surface area (Å²) >= 11 is 0. The second kappa shape index (κ2) is 11.5. The number of carbonyl (C=O) groups excluding carboxylic acids is 2. The van der Waals surface area contributed by atoms with E-state index in [4.69, 9.17) is 0 Å². The van der Waals surface area contributed by atoms with Crippen LogP contribution in [0.1, 0.15) is 53.6 Å². The van der Waals surface area contributed by atoms with Crippen molar-refractivity contribution in [1.29, 1.82) is 0 Å². The Morgan fingerprint density at radius 1 is 0.886 bits per heavy atom. The van der Waals surface area contributed by atoms with Crippen LogP contribution in [-0.2, 0) is 17.8 Å². The summed E-state index contributed by atoms with van der Waals surface area (Å²) in [6, 6.07) is 22.2. The number of piperidine rings is 1. The molecule has 0 atom stereocenters. The van der Waals surface area contributed by atoms with Crippen LogP contribution in [0.3, 0.4) is 0 Å². The minimum absolute atomic E-state index is 0. The molecule has 6 heteroatoms. The maximum Gasteiger partial charge on any atom is 0.255 e. The fraction of sp³-hybridized carbons (Fsp3) is 0.310. The molecule has 0 aromatic heterocycles. The summed E-state index contributed by atoms with van der Waals surface area (Å²) in [6.07, 6.45) is 6.00. The highest BCUT2D eigenvalue weighted by atomic mass is 35.5. The summed E-state index contributed by atoms with van der Waals surface area (Å²) < 4.78 is 0. The Labute approximate surface area is 213 Å². The molecule has 5 rings (SSSR count). The lowest BCUT2D eigenvalue weighted by atomic mass is 9.96. The third-order valence-corrected chi connectivity index (χ3v) is 6.79. The Morgan fingerprint density at radius 3 is 2.49 bits per heavy atom. The van der Waals surface area contributed by atoms with Crippen LogP contribution in [-0.4, -0.2) is 29.8 Å². The second-order valence-electron chi connectivity index (χ2n) is 9.30. The summed E-state index contributed by atoms with van der Waals surface area (Å²) in [5.74, 6) is -0.111. The zero-order valence-electron chi connectivity index (χ0n) is 19.9. The standard InChI is InChI=1S/C29H31N3O2.ClH/c33-28-11-7-10-22-12-14-25(19-27(22)31-28)30-29(34)23-13-15-26(21-8-3-1-4-9-21)24(18-23)20-32-16-5-2-6-17-32;/h1,3-4,8-9,12-15,18-19H,2,5-7,10-11,16-17,20H2,(H,30,34)(H,31,33);1H. The third kappa shape index (κ3) is 6.11. The van der Waals surface area contributed by atoms with E-state index >= 15 is 0 Å². The SMILES string of the molecule is Cl.O=C1CCCc2ccc(NC(=O)c3ccc(-c4ccccc4)c(CN4CCCCC4)c3)cc2N1. The van der Waals surface area contributed by atoms with E-state index in [1.54, 1.807) is 0 Å². The molecule has 0 saturated carbocycles. The average Bonchev–Trinajstić information content (AvgIpc) is 3.05. The molecule has 3 aromatic rings. The number of benzene rings is 3. The van der Waals surface area contributed by atoms with E-state index in [-0.39, 0.29) is 24.2 Å². The first-order valence-electron chi connectivity index (χ1n) is 12.3. The molecule has 2 heterocycles. The molecular weight excluding hydrogens is 458 g/mol. The molecule has 1 saturated heterocycles. The predicted octanol–water partition coefficient (Wildman–Crippen LogP) is 6.29. The number of hydrogen-bond acceptors (Lipinski definition) is 3. The van der Waals surface area contributed by atoms with Crippen LogP contribution < -0.4 is 10.6 Å². The molecule has 182 valence electrons. The number of carbonyl (C=O) groups is 2. The fourth-order valence-corrected chi connectivity index (χ4v) is 4.97. The van der Waals surface area contributed by atoms with Crippen molar-refractivity contribution < 1.29 is 9.59 Å². The fourth-order valence-electron chi connectivity index (χ4n) is 4.97. The molecule has 0 radical (unpaired) electrons. The van der Waals surface area contributed by atoms with Gasteiger partial charge in [0.2, 0.25) is 5.91 Å². The first kappa shape index (κ1) is 25.0. The molecule has 2 aliphatic heterocycles. The van der Waals surface area contributed by atoms with E-state index in [1.807, 2.05) is 36.4 Å². The van der Waals surface area contributed by atoms with Gasteiger partial charge in [0.1, 0.15) is 0 Å². The zero-order chi connectivity index (χ0) is 23.3. The molecule has 0 bridgehead atoms. The van der Waals surface area contributed by atoms with Gasteiger partial charge in [-0.2, -0.15) is 0 Å². The second-order valence-corrected chi connectivity index (χ2v) is 9.30. The third-order valence-electron chi connectivity index (χ3n) is 6.79. The van der Waals surface area contributed by atoms with Gasteiger partial charge in [0.25, 0.3) is 5.91 Å². The maximum absolute atomic E-state index is 13.2. The lowest BCUT2D eigenvalue weighted by Crippen LogP contribution is -2.29. The molecule has 3 aromatic carbocycles. The monoisotopic (exact) mass is 489 g/mol. The molecule has 2 N–H and O–H groups in total. The van der Waals surface area contributed by atoms with Crippen molar-refractivity contribution in [3.8, 4) is 11.1 Å². The Kier molecular flexibility index (Phi) is 8.21. The largest absolute Gasteiger partial charge is 0.326 e. The van der Waals surface area contributed by atoms with Crippen LogP contribution in [0.5, 0.6) is 0 Å². The number of rotatable bonds is 5. The van der Waals surface area contributed by atoms with E-state index in [2.05, 4.69) is 45.9 Å². The van der Waals surface area contributed by atoms with Gasteiger partial charge in [0, 0.05) is 29.9 Å². The van der Waals surface area contributed by atoms with Gasteiger partial charge in [-0.1, -0.05) is 48.9 Å². The molecule has 0 unspecified atom stereocenters. The quantitative estimate of drug-likeness (QED) is 0.442. The number of halogens is 1. The first-order valence-corrected chi connectivity index (χ1v) is 12.3. The molecule has 0 spiro atoms. The minimum atomic E-state index is -0.139. The van der Waals surface area contributed by atoms with Crippen LogP contribution >= 0.6 is 12.4 Å². The average molecular weight is 490 g/mol. The van der Waals surface area contributed by atoms with Crippen molar-refractivity contribution in [3.63, 3.8) is 0 Å². The number of aryl methyl sites for hydroxylation is 1. The topological polar surface area (TPSA) is 61.4 Å². The Bertz CT molecular complexity index is 1190. The lowest BCUT2D eigenvalue weighted by Gasteiger charge is -2.27. The van der Waals surface area contributed by atoms with Crippen LogP contribution in [0.2, 0.25) is 0 Å². The van der Waals surface area contributed by atoms with Crippen molar-refractivity contribution in [2.24, 2.45) is 0 Å².